The normalized spacial score (nSPS) is 11.0. The van der Waals surface area contributed by atoms with Crippen molar-refractivity contribution in [3.63, 3.8) is 0 Å². The molecule has 1 aromatic carbocycles. The fraction of sp³-hybridized carbons (Fsp3) is 0.300. The first-order valence-electron chi connectivity index (χ1n) is 5.05. The van der Waals surface area contributed by atoms with Gasteiger partial charge in [-0.3, -0.25) is 10.1 Å². The quantitative estimate of drug-likeness (QED) is 0.690. The van der Waals surface area contributed by atoms with Gasteiger partial charge in [-0.25, -0.2) is 4.98 Å². The van der Waals surface area contributed by atoms with Crippen LogP contribution in [-0.2, 0) is 6.42 Å². The van der Waals surface area contributed by atoms with Crippen LogP contribution in [0.2, 0.25) is 5.02 Å². The fourth-order valence-corrected chi connectivity index (χ4v) is 2.30. The van der Waals surface area contributed by atoms with Gasteiger partial charge in [0.25, 0.3) is 0 Å². The first-order valence-corrected chi connectivity index (χ1v) is 6.22. The number of nitro groups is 1. The highest BCUT2D eigenvalue weighted by Gasteiger charge is 2.23. The van der Waals surface area contributed by atoms with Gasteiger partial charge >= 0.3 is 5.69 Å². The van der Waals surface area contributed by atoms with Crippen molar-refractivity contribution in [1.82, 2.24) is 9.97 Å². The molecule has 0 aliphatic rings. The number of hydrogen-bond donors (Lipinski definition) is 1. The number of nitro benzene ring substituents is 1. The molecule has 2 aromatic rings. The van der Waals surface area contributed by atoms with Crippen LogP contribution in [0.5, 0.6) is 0 Å². The van der Waals surface area contributed by atoms with Gasteiger partial charge in [0.15, 0.2) is 5.52 Å². The minimum atomic E-state index is -0.477. The lowest BCUT2D eigenvalue weighted by Gasteiger charge is -1.98. The summed E-state index contributed by atoms with van der Waals surface area (Å²) in [4.78, 5) is 17.8. The molecule has 7 heteroatoms. The third-order valence-corrected chi connectivity index (χ3v) is 3.69. The van der Waals surface area contributed by atoms with Gasteiger partial charge < -0.3 is 4.98 Å². The highest BCUT2D eigenvalue weighted by molar-refractivity contribution is 9.10. The second-order valence-corrected chi connectivity index (χ2v) is 4.81. The zero-order chi connectivity index (χ0) is 12.6. The van der Waals surface area contributed by atoms with Crippen molar-refractivity contribution in [2.75, 3.05) is 0 Å². The maximum Gasteiger partial charge on any atom is 0.312 e. The van der Waals surface area contributed by atoms with Crippen LogP contribution in [-0.4, -0.2) is 14.9 Å². The van der Waals surface area contributed by atoms with Crippen molar-refractivity contribution in [2.45, 2.75) is 19.8 Å². The molecule has 90 valence electrons. The topological polar surface area (TPSA) is 71.8 Å². The summed E-state index contributed by atoms with van der Waals surface area (Å²) in [7, 11) is 0. The lowest BCUT2D eigenvalue weighted by molar-refractivity contribution is -0.384. The van der Waals surface area contributed by atoms with Crippen molar-refractivity contribution >= 4 is 44.3 Å². The second-order valence-electron chi connectivity index (χ2n) is 3.61. The number of imidazole rings is 1. The van der Waals surface area contributed by atoms with E-state index in [4.69, 9.17) is 11.6 Å². The molecule has 0 fully saturated rings. The van der Waals surface area contributed by atoms with E-state index < -0.39 is 4.92 Å². The Balaban J connectivity index is 2.74. The molecule has 0 aliphatic carbocycles. The molecule has 0 saturated heterocycles. The van der Waals surface area contributed by atoms with Crippen molar-refractivity contribution in [2.24, 2.45) is 0 Å². The van der Waals surface area contributed by atoms with Gasteiger partial charge in [-0.2, -0.15) is 0 Å². The molecule has 0 amide bonds. The molecule has 17 heavy (non-hydrogen) atoms. The number of H-pyrrole nitrogens is 1. The third kappa shape index (κ3) is 2.14. The first-order chi connectivity index (χ1) is 8.04. The summed E-state index contributed by atoms with van der Waals surface area (Å²) in [5.74, 6) is 0.736. The Morgan fingerprint density at radius 3 is 2.94 bits per heavy atom. The number of fused-ring (bicyclic) bond motifs is 1. The van der Waals surface area contributed by atoms with Crippen molar-refractivity contribution in [1.29, 1.82) is 0 Å². The van der Waals surface area contributed by atoms with Gasteiger partial charge in [0.1, 0.15) is 10.3 Å². The summed E-state index contributed by atoms with van der Waals surface area (Å²) in [6.07, 6.45) is 1.67. The average molecular weight is 319 g/mol. The molecule has 0 spiro atoms. The Bertz CT molecular complexity index is 597. The molecule has 0 saturated carbocycles. The zero-order valence-electron chi connectivity index (χ0n) is 8.96. The standard InChI is InChI=1S/C10H9BrClN3O2/c1-2-3-7-13-6-4-5(12)8(11)10(15(16)17)9(6)14-7/h4H,2-3H2,1H3,(H,13,14). The van der Waals surface area contributed by atoms with Crippen LogP contribution in [0.3, 0.4) is 0 Å². The molecule has 0 aliphatic heterocycles. The average Bonchev–Trinajstić information content (AvgIpc) is 2.61. The van der Waals surface area contributed by atoms with Crippen LogP contribution in [0.15, 0.2) is 10.5 Å². The van der Waals surface area contributed by atoms with Crippen LogP contribution >= 0.6 is 27.5 Å². The van der Waals surface area contributed by atoms with E-state index in [1.807, 2.05) is 6.92 Å². The number of rotatable bonds is 3. The molecular weight excluding hydrogens is 309 g/mol. The molecule has 2 rings (SSSR count). The van der Waals surface area contributed by atoms with E-state index in [0.717, 1.165) is 18.7 Å². The molecular formula is C10H9BrClN3O2. The molecule has 0 atom stereocenters. The molecule has 0 radical (unpaired) electrons. The van der Waals surface area contributed by atoms with Crippen molar-refractivity contribution < 1.29 is 4.92 Å². The zero-order valence-corrected chi connectivity index (χ0v) is 11.3. The SMILES string of the molecule is CCCc1nc2c([N+](=O)[O-])c(Br)c(Cl)cc2[nH]1. The van der Waals surface area contributed by atoms with E-state index in [9.17, 15) is 10.1 Å². The summed E-state index contributed by atoms with van der Waals surface area (Å²) in [5.41, 5.74) is 0.842. The van der Waals surface area contributed by atoms with Crippen LogP contribution in [0.4, 0.5) is 5.69 Å². The summed E-state index contributed by atoms with van der Waals surface area (Å²) in [6.45, 7) is 2.02. The van der Waals surface area contributed by atoms with Crippen LogP contribution in [0, 0.1) is 10.1 Å². The van der Waals surface area contributed by atoms with Gasteiger partial charge in [-0.05, 0) is 28.4 Å². The fourth-order valence-electron chi connectivity index (χ4n) is 1.65. The maximum atomic E-state index is 11.0. The molecule has 0 unspecified atom stereocenters. The van der Waals surface area contributed by atoms with Crippen LogP contribution in [0.1, 0.15) is 19.2 Å². The Morgan fingerprint density at radius 1 is 1.65 bits per heavy atom. The summed E-state index contributed by atoms with van der Waals surface area (Å²) in [5, 5.41) is 11.3. The molecule has 1 aromatic heterocycles. The number of nitrogens with zero attached hydrogens (tertiary/aromatic N) is 2. The summed E-state index contributed by atoms with van der Waals surface area (Å²) < 4.78 is 0.270. The van der Waals surface area contributed by atoms with E-state index in [-0.39, 0.29) is 10.2 Å². The number of benzene rings is 1. The second kappa shape index (κ2) is 4.62. The lowest BCUT2D eigenvalue weighted by Crippen LogP contribution is -1.92. The monoisotopic (exact) mass is 317 g/mol. The number of aromatic amines is 1. The lowest BCUT2D eigenvalue weighted by atomic mass is 10.3. The number of nitrogens with one attached hydrogen (secondary N) is 1. The molecule has 5 nitrogen and oxygen atoms in total. The predicted molar refractivity (Wildman–Crippen MR) is 69.5 cm³/mol. The Kier molecular flexibility index (Phi) is 3.35. The summed E-state index contributed by atoms with van der Waals surface area (Å²) in [6, 6.07) is 1.64. The largest absolute Gasteiger partial charge is 0.342 e. The Hall–Kier alpha value is -1.14. The third-order valence-electron chi connectivity index (χ3n) is 2.36. The van der Waals surface area contributed by atoms with E-state index in [2.05, 4.69) is 25.9 Å². The van der Waals surface area contributed by atoms with E-state index in [1.165, 1.54) is 0 Å². The minimum Gasteiger partial charge on any atom is -0.342 e. The molecule has 1 heterocycles. The van der Waals surface area contributed by atoms with E-state index in [1.54, 1.807) is 6.07 Å². The number of aryl methyl sites for hydroxylation is 1. The number of hydrogen-bond acceptors (Lipinski definition) is 3. The van der Waals surface area contributed by atoms with Crippen molar-refractivity contribution in [3.05, 3.63) is 31.5 Å². The van der Waals surface area contributed by atoms with Crippen LogP contribution < -0.4 is 0 Å². The van der Waals surface area contributed by atoms with Gasteiger partial charge in [-0.15, -0.1) is 0 Å². The summed E-state index contributed by atoms with van der Waals surface area (Å²) >= 11 is 9.05. The van der Waals surface area contributed by atoms with E-state index >= 15 is 0 Å². The predicted octanol–water partition coefficient (Wildman–Crippen LogP) is 3.84. The van der Waals surface area contributed by atoms with Gasteiger partial charge in [0, 0.05) is 6.42 Å². The number of aromatic nitrogens is 2. The number of halogens is 2. The van der Waals surface area contributed by atoms with Gasteiger partial charge in [-0.1, -0.05) is 18.5 Å². The Labute approximate surface area is 110 Å². The maximum absolute atomic E-state index is 11.0. The highest BCUT2D eigenvalue weighted by atomic mass is 79.9. The highest BCUT2D eigenvalue weighted by Crippen LogP contribution is 2.37. The first kappa shape index (κ1) is 12.3. The van der Waals surface area contributed by atoms with Crippen molar-refractivity contribution in [3.8, 4) is 0 Å². The van der Waals surface area contributed by atoms with Crippen LogP contribution in [0.25, 0.3) is 11.0 Å². The van der Waals surface area contributed by atoms with Gasteiger partial charge in [0.2, 0.25) is 0 Å². The molecule has 1 N–H and O–H groups in total. The molecule has 0 bridgehead atoms. The van der Waals surface area contributed by atoms with Gasteiger partial charge in [0.05, 0.1) is 15.5 Å². The smallest absolute Gasteiger partial charge is 0.312 e. The Morgan fingerprint density at radius 2 is 2.35 bits per heavy atom. The van der Waals surface area contributed by atoms with E-state index in [0.29, 0.717) is 16.1 Å². The minimum absolute atomic E-state index is 0.0916.